The number of para-hydroxylation sites is 1. The molecule has 0 saturated heterocycles. The first-order valence-electron chi connectivity index (χ1n) is 8.48. The summed E-state index contributed by atoms with van der Waals surface area (Å²) in [5.74, 6) is 0. The van der Waals surface area contributed by atoms with Crippen molar-refractivity contribution in [1.82, 2.24) is 0 Å². The average molecular weight is 332 g/mol. The summed E-state index contributed by atoms with van der Waals surface area (Å²) in [6.45, 7) is 5.78. The van der Waals surface area contributed by atoms with Crippen molar-refractivity contribution in [2.45, 2.75) is 19.6 Å². The summed E-state index contributed by atoms with van der Waals surface area (Å²) < 4.78 is 0. The van der Waals surface area contributed by atoms with Crippen molar-refractivity contribution in [2.24, 2.45) is 0 Å². The van der Waals surface area contributed by atoms with Crippen LogP contribution < -0.4 is 15.3 Å². The van der Waals surface area contributed by atoms with Gasteiger partial charge in [0.1, 0.15) is 8.07 Å². The molecule has 3 rings (SSSR count). The molecule has 0 aliphatic heterocycles. The molecule has 0 aromatic heterocycles. The van der Waals surface area contributed by atoms with Crippen LogP contribution in [-0.4, -0.2) is 15.1 Å². The van der Waals surface area contributed by atoms with E-state index in [1.54, 1.807) is 0 Å². The van der Waals surface area contributed by atoms with Crippen LogP contribution in [0.3, 0.4) is 0 Å². The zero-order valence-corrected chi connectivity index (χ0v) is 15.7. The summed E-state index contributed by atoms with van der Waals surface area (Å²) in [5, 5.41) is 2.97. The minimum absolute atomic E-state index is 0.928. The van der Waals surface area contributed by atoms with E-state index in [-0.39, 0.29) is 0 Å². The van der Waals surface area contributed by atoms with Crippen molar-refractivity contribution in [1.29, 1.82) is 0 Å². The van der Waals surface area contributed by atoms with Crippen LogP contribution in [0.1, 0.15) is 5.56 Å². The molecule has 24 heavy (non-hydrogen) atoms. The smallest absolute Gasteiger partial charge is 0.112 e. The lowest BCUT2D eigenvalue weighted by Gasteiger charge is -2.24. The Balaban J connectivity index is 1.76. The molecular formula is C22H25NSi. The van der Waals surface area contributed by atoms with Gasteiger partial charge in [-0.1, -0.05) is 96.3 Å². The Kier molecular flexibility index (Phi) is 4.86. The molecule has 3 aromatic carbocycles. The lowest BCUT2D eigenvalue weighted by Crippen LogP contribution is -2.52. The molecule has 0 unspecified atom stereocenters. The van der Waals surface area contributed by atoms with E-state index in [4.69, 9.17) is 0 Å². The van der Waals surface area contributed by atoms with Gasteiger partial charge in [-0.25, -0.2) is 0 Å². The predicted octanol–water partition coefficient (Wildman–Crippen LogP) is 4.15. The maximum absolute atomic E-state index is 2.42. The van der Waals surface area contributed by atoms with Gasteiger partial charge in [-0.15, -0.1) is 0 Å². The summed E-state index contributed by atoms with van der Waals surface area (Å²) in [4.78, 5) is 2.29. The SMILES string of the molecule is CN(Cc1ccc([Si](C)(C)c2ccccc2)cc1)c1ccccc1. The molecule has 0 aliphatic carbocycles. The van der Waals surface area contributed by atoms with E-state index in [1.807, 2.05) is 0 Å². The molecular weight excluding hydrogens is 306 g/mol. The van der Waals surface area contributed by atoms with Crippen molar-refractivity contribution in [3.05, 3.63) is 90.5 Å². The van der Waals surface area contributed by atoms with E-state index in [0.717, 1.165) is 6.54 Å². The first kappa shape index (κ1) is 16.5. The van der Waals surface area contributed by atoms with Crippen LogP contribution in [0.25, 0.3) is 0 Å². The summed E-state index contributed by atoms with van der Waals surface area (Å²) in [5.41, 5.74) is 2.60. The van der Waals surface area contributed by atoms with Crippen LogP contribution in [-0.2, 0) is 6.54 Å². The fourth-order valence-corrected chi connectivity index (χ4v) is 5.46. The highest BCUT2D eigenvalue weighted by atomic mass is 28.3. The lowest BCUT2D eigenvalue weighted by atomic mass is 10.2. The molecule has 0 amide bonds. The Bertz CT molecular complexity index is 764. The minimum atomic E-state index is -1.60. The third-order valence-corrected chi connectivity index (χ3v) is 8.34. The first-order chi connectivity index (χ1) is 11.6. The summed E-state index contributed by atoms with van der Waals surface area (Å²) in [6, 6.07) is 30.7. The summed E-state index contributed by atoms with van der Waals surface area (Å²) in [7, 11) is 0.549. The number of nitrogens with zero attached hydrogens (tertiary/aromatic N) is 1. The van der Waals surface area contributed by atoms with E-state index in [0.29, 0.717) is 0 Å². The molecule has 1 nitrogen and oxygen atoms in total. The van der Waals surface area contributed by atoms with Gasteiger partial charge in [-0.3, -0.25) is 0 Å². The van der Waals surface area contributed by atoms with Crippen LogP contribution in [0.5, 0.6) is 0 Å². The lowest BCUT2D eigenvalue weighted by molar-refractivity contribution is 0.924. The van der Waals surface area contributed by atoms with Crippen LogP contribution >= 0.6 is 0 Å². The molecule has 0 fully saturated rings. The normalized spacial score (nSPS) is 11.3. The van der Waals surface area contributed by atoms with E-state index in [1.165, 1.54) is 21.6 Å². The zero-order valence-electron chi connectivity index (χ0n) is 14.7. The van der Waals surface area contributed by atoms with Crippen molar-refractivity contribution < 1.29 is 0 Å². The molecule has 0 aliphatic rings. The van der Waals surface area contributed by atoms with Gasteiger partial charge in [0.05, 0.1) is 0 Å². The van der Waals surface area contributed by atoms with Gasteiger partial charge >= 0.3 is 0 Å². The number of rotatable bonds is 5. The van der Waals surface area contributed by atoms with Gasteiger partial charge < -0.3 is 4.90 Å². The molecule has 0 radical (unpaired) electrons. The van der Waals surface area contributed by atoms with Crippen LogP contribution in [0.4, 0.5) is 5.69 Å². The third-order valence-electron chi connectivity index (χ3n) is 4.79. The van der Waals surface area contributed by atoms with Crippen LogP contribution in [0, 0.1) is 0 Å². The fraction of sp³-hybridized carbons (Fsp3) is 0.182. The van der Waals surface area contributed by atoms with Gasteiger partial charge in [-0.05, 0) is 17.7 Å². The Morgan fingerprint density at radius 2 is 1.17 bits per heavy atom. The van der Waals surface area contributed by atoms with Gasteiger partial charge in [0.25, 0.3) is 0 Å². The van der Waals surface area contributed by atoms with Gasteiger partial charge in [0.2, 0.25) is 0 Å². The standard InChI is InChI=1S/C22H25NSi/c1-23(20-10-6-4-7-11-20)18-19-14-16-22(17-15-19)24(2,3)21-12-8-5-9-13-21/h4-17H,18H2,1-3H3. The van der Waals surface area contributed by atoms with Crippen molar-refractivity contribution in [2.75, 3.05) is 11.9 Å². The molecule has 3 aromatic rings. The minimum Gasteiger partial charge on any atom is -0.370 e. The van der Waals surface area contributed by atoms with E-state index >= 15 is 0 Å². The maximum Gasteiger partial charge on any atom is 0.112 e. The molecule has 0 heterocycles. The van der Waals surface area contributed by atoms with Crippen molar-refractivity contribution in [3.8, 4) is 0 Å². The predicted molar refractivity (Wildman–Crippen MR) is 108 cm³/mol. The number of hydrogen-bond donors (Lipinski definition) is 0. The summed E-state index contributed by atoms with van der Waals surface area (Å²) in [6.07, 6.45) is 0. The Hall–Kier alpha value is -2.32. The Morgan fingerprint density at radius 1 is 0.667 bits per heavy atom. The largest absolute Gasteiger partial charge is 0.370 e. The molecule has 122 valence electrons. The Morgan fingerprint density at radius 3 is 1.75 bits per heavy atom. The van der Waals surface area contributed by atoms with E-state index in [2.05, 4.69) is 110 Å². The quantitative estimate of drug-likeness (QED) is 0.635. The van der Waals surface area contributed by atoms with Crippen LogP contribution in [0.2, 0.25) is 13.1 Å². The molecule has 0 bridgehead atoms. The average Bonchev–Trinajstić information content (AvgIpc) is 2.63. The van der Waals surface area contributed by atoms with Crippen molar-refractivity contribution >= 4 is 24.1 Å². The number of anilines is 1. The monoisotopic (exact) mass is 331 g/mol. The molecule has 0 N–H and O–H groups in total. The first-order valence-corrected chi connectivity index (χ1v) is 11.5. The van der Waals surface area contributed by atoms with E-state index in [9.17, 15) is 0 Å². The third kappa shape index (κ3) is 3.60. The second-order valence-corrected chi connectivity index (χ2v) is 11.3. The zero-order chi connectivity index (χ0) is 17.0. The van der Waals surface area contributed by atoms with Gasteiger partial charge in [0, 0.05) is 19.3 Å². The Labute approximate surface area is 146 Å². The van der Waals surface area contributed by atoms with Crippen LogP contribution in [0.15, 0.2) is 84.9 Å². The van der Waals surface area contributed by atoms with Crippen molar-refractivity contribution in [3.63, 3.8) is 0 Å². The molecule has 2 heteroatoms. The maximum atomic E-state index is 2.42. The topological polar surface area (TPSA) is 3.24 Å². The molecule has 0 saturated carbocycles. The second kappa shape index (κ2) is 7.06. The van der Waals surface area contributed by atoms with Gasteiger partial charge in [-0.2, -0.15) is 0 Å². The summed E-state index contributed by atoms with van der Waals surface area (Å²) >= 11 is 0. The second-order valence-electron chi connectivity index (χ2n) is 6.88. The van der Waals surface area contributed by atoms with E-state index < -0.39 is 8.07 Å². The highest BCUT2D eigenvalue weighted by molar-refractivity contribution is 7.00. The number of benzene rings is 3. The highest BCUT2D eigenvalue weighted by Crippen LogP contribution is 2.14. The fourth-order valence-electron chi connectivity index (χ4n) is 3.10. The molecule has 0 atom stereocenters. The van der Waals surface area contributed by atoms with Gasteiger partial charge in [0.15, 0.2) is 0 Å². The number of hydrogen-bond acceptors (Lipinski definition) is 1. The highest BCUT2D eigenvalue weighted by Gasteiger charge is 2.25. The molecule has 0 spiro atoms.